The van der Waals surface area contributed by atoms with Crippen LogP contribution in [0.2, 0.25) is 0 Å². The fourth-order valence-electron chi connectivity index (χ4n) is 1.14. The maximum Gasteiger partial charge on any atom is 0.340 e. The van der Waals surface area contributed by atoms with Gasteiger partial charge in [0.15, 0.2) is 6.10 Å². The van der Waals surface area contributed by atoms with Gasteiger partial charge < -0.3 is 9.47 Å². The first-order valence-electron chi connectivity index (χ1n) is 4.83. The van der Waals surface area contributed by atoms with Gasteiger partial charge >= 0.3 is 5.97 Å². The van der Waals surface area contributed by atoms with Crippen molar-refractivity contribution in [2.75, 3.05) is 13.7 Å². The molecule has 5 nitrogen and oxygen atoms in total. The third kappa shape index (κ3) is 3.98. The van der Waals surface area contributed by atoms with E-state index in [1.54, 1.807) is 0 Å². The van der Waals surface area contributed by atoms with Crippen LogP contribution in [0.1, 0.15) is 5.56 Å². The third-order valence-electron chi connectivity index (χ3n) is 1.97. The van der Waals surface area contributed by atoms with Gasteiger partial charge in [-0.15, -0.1) is 0 Å². The summed E-state index contributed by atoms with van der Waals surface area (Å²) in [5, 5.41) is 0. The molecule has 0 bridgehead atoms. The lowest BCUT2D eigenvalue weighted by Gasteiger charge is -2.12. The van der Waals surface area contributed by atoms with Gasteiger partial charge in [-0.05, 0) is 5.56 Å². The molecule has 0 radical (unpaired) electrons. The normalized spacial score (nSPS) is 12.1. The predicted octanol–water partition coefficient (Wildman–Crippen LogP) is 0.635. The lowest BCUT2D eigenvalue weighted by molar-refractivity contribution is -0.162. The highest BCUT2D eigenvalue weighted by Gasteiger charge is 2.19. The summed E-state index contributed by atoms with van der Waals surface area (Å²) in [4.78, 5) is 15.9. The number of carbonyl (C=O) groups excluding carboxylic acids is 1. The summed E-state index contributed by atoms with van der Waals surface area (Å²) in [6.45, 7) is 0.271. The number of nitrogens with two attached hydrogens (primary N) is 1. The average molecular weight is 225 g/mol. The summed E-state index contributed by atoms with van der Waals surface area (Å²) < 4.78 is 9.77. The summed E-state index contributed by atoms with van der Waals surface area (Å²) in [7, 11) is 1.45. The molecule has 1 aromatic rings. The zero-order chi connectivity index (χ0) is 11.8. The van der Waals surface area contributed by atoms with Crippen LogP contribution in [0, 0.1) is 0 Å². The van der Waals surface area contributed by atoms with Gasteiger partial charge in [0.05, 0.1) is 6.61 Å². The molecule has 0 spiro atoms. The van der Waals surface area contributed by atoms with Gasteiger partial charge in [0.2, 0.25) is 0 Å². The van der Waals surface area contributed by atoms with Crippen molar-refractivity contribution in [2.45, 2.75) is 12.7 Å². The summed E-state index contributed by atoms with van der Waals surface area (Å²) in [6.07, 6.45) is -0.881. The fourth-order valence-corrected chi connectivity index (χ4v) is 1.14. The molecule has 0 unspecified atom stereocenters. The second kappa shape index (κ2) is 6.95. The summed E-state index contributed by atoms with van der Waals surface area (Å²) in [5.74, 6) is 4.41. The van der Waals surface area contributed by atoms with Crippen molar-refractivity contribution in [1.82, 2.24) is 0 Å². The van der Waals surface area contributed by atoms with Crippen molar-refractivity contribution in [1.29, 1.82) is 0 Å². The van der Waals surface area contributed by atoms with E-state index in [1.165, 1.54) is 7.11 Å². The van der Waals surface area contributed by atoms with Gasteiger partial charge in [-0.25, -0.2) is 10.7 Å². The first kappa shape index (κ1) is 12.6. The molecular weight excluding hydrogens is 210 g/mol. The van der Waals surface area contributed by atoms with Crippen molar-refractivity contribution in [2.24, 2.45) is 5.90 Å². The van der Waals surface area contributed by atoms with Crippen molar-refractivity contribution >= 4 is 5.97 Å². The van der Waals surface area contributed by atoms with Gasteiger partial charge in [0, 0.05) is 7.11 Å². The Labute approximate surface area is 94.1 Å². The van der Waals surface area contributed by atoms with Crippen LogP contribution in [-0.4, -0.2) is 25.8 Å². The zero-order valence-corrected chi connectivity index (χ0v) is 9.09. The molecule has 0 aliphatic heterocycles. The van der Waals surface area contributed by atoms with Crippen LogP contribution >= 0.6 is 0 Å². The highest BCUT2D eigenvalue weighted by molar-refractivity contribution is 5.74. The van der Waals surface area contributed by atoms with E-state index in [0.717, 1.165) is 5.56 Å². The molecule has 0 saturated heterocycles. The minimum Gasteiger partial charge on any atom is -0.459 e. The van der Waals surface area contributed by atoms with Crippen molar-refractivity contribution in [3.05, 3.63) is 35.9 Å². The van der Waals surface area contributed by atoms with Crippen molar-refractivity contribution in [3.8, 4) is 0 Å². The molecule has 0 heterocycles. The Morgan fingerprint density at radius 2 is 2.06 bits per heavy atom. The van der Waals surface area contributed by atoms with E-state index in [9.17, 15) is 4.79 Å². The molecule has 2 N–H and O–H groups in total. The lowest BCUT2D eigenvalue weighted by atomic mass is 10.2. The number of rotatable bonds is 6. The molecule has 0 fully saturated rings. The zero-order valence-electron chi connectivity index (χ0n) is 9.09. The Morgan fingerprint density at radius 1 is 1.38 bits per heavy atom. The highest BCUT2D eigenvalue weighted by Crippen LogP contribution is 2.02. The quantitative estimate of drug-likeness (QED) is 0.568. The molecule has 0 amide bonds. The molecule has 5 heteroatoms. The van der Waals surface area contributed by atoms with Crippen LogP contribution in [0.4, 0.5) is 0 Å². The fraction of sp³-hybridized carbons (Fsp3) is 0.364. The molecule has 0 aliphatic carbocycles. The molecule has 1 atom stereocenters. The van der Waals surface area contributed by atoms with E-state index < -0.39 is 12.1 Å². The van der Waals surface area contributed by atoms with Crippen LogP contribution in [0.25, 0.3) is 0 Å². The Morgan fingerprint density at radius 3 is 2.62 bits per heavy atom. The molecule has 1 aromatic carbocycles. The Hall–Kier alpha value is -1.43. The topological polar surface area (TPSA) is 70.8 Å². The maximum atomic E-state index is 11.4. The number of ether oxygens (including phenoxy) is 2. The van der Waals surface area contributed by atoms with E-state index in [-0.39, 0.29) is 13.2 Å². The van der Waals surface area contributed by atoms with Crippen LogP contribution in [0.15, 0.2) is 30.3 Å². The SMILES string of the molecule is COC[C@H](ON)C(=O)OCc1ccccc1. The highest BCUT2D eigenvalue weighted by atomic mass is 16.7. The molecular formula is C11H15NO4. The van der Waals surface area contributed by atoms with Gasteiger partial charge in [-0.2, -0.15) is 0 Å². The van der Waals surface area contributed by atoms with E-state index in [4.69, 9.17) is 15.4 Å². The van der Waals surface area contributed by atoms with Crippen LogP contribution in [0.3, 0.4) is 0 Å². The van der Waals surface area contributed by atoms with Gasteiger partial charge in [0.25, 0.3) is 0 Å². The summed E-state index contributed by atoms with van der Waals surface area (Å²) in [5.41, 5.74) is 0.907. The Kier molecular flexibility index (Phi) is 5.49. The molecule has 1 rings (SSSR count). The lowest BCUT2D eigenvalue weighted by Crippen LogP contribution is -2.33. The number of esters is 1. The molecule has 16 heavy (non-hydrogen) atoms. The summed E-state index contributed by atoms with van der Waals surface area (Å²) in [6, 6.07) is 9.36. The second-order valence-electron chi connectivity index (χ2n) is 3.17. The minimum atomic E-state index is -0.881. The number of hydrogen-bond acceptors (Lipinski definition) is 5. The molecule has 0 aliphatic rings. The maximum absolute atomic E-state index is 11.4. The van der Waals surface area contributed by atoms with Crippen LogP contribution < -0.4 is 5.90 Å². The van der Waals surface area contributed by atoms with Gasteiger partial charge in [-0.3, -0.25) is 4.84 Å². The number of methoxy groups -OCH3 is 1. The minimum absolute atomic E-state index is 0.0735. The summed E-state index contributed by atoms with van der Waals surface area (Å²) >= 11 is 0. The second-order valence-corrected chi connectivity index (χ2v) is 3.17. The standard InChI is InChI=1S/C11H15NO4/c1-14-8-10(16-12)11(13)15-7-9-5-3-2-4-6-9/h2-6,10H,7-8,12H2,1H3/t10-/m0/s1. The molecule has 0 aromatic heterocycles. The van der Waals surface area contributed by atoms with Gasteiger partial charge in [0.1, 0.15) is 6.61 Å². The number of hydrogen-bond donors (Lipinski definition) is 1. The molecule has 88 valence electrons. The van der Waals surface area contributed by atoms with E-state index >= 15 is 0 Å². The Bertz CT molecular complexity index is 315. The van der Waals surface area contributed by atoms with E-state index in [2.05, 4.69) is 4.84 Å². The van der Waals surface area contributed by atoms with Crippen molar-refractivity contribution < 1.29 is 19.1 Å². The smallest absolute Gasteiger partial charge is 0.340 e. The number of carbonyl (C=O) groups is 1. The average Bonchev–Trinajstić information content (AvgIpc) is 2.34. The monoisotopic (exact) mass is 225 g/mol. The van der Waals surface area contributed by atoms with Gasteiger partial charge in [-0.1, -0.05) is 30.3 Å². The molecule has 0 saturated carbocycles. The number of benzene rings is 1. The third-order valence-corrected chi connectivity index (χ3v) is 1.97. The van der Waals surface area contributed by atoms with Crippen LogP contribution in [-0.2, 0) is 25.7 Å². The largest absolute Gasteiger partial charge is 0.459 e. The first-order valence-corrected chi connectivity index (χ1v) is 4.83. The van der Waals surface area contributed by atoms with E-state index in [1.807, 2.05) is 30.3 Å². The van der Waals surface area contributed by atoms with E-state index in [0.29, 0.717) is 0 Å². The predicted molar refractivity (Wildman–Crippen MR) is 57.2 cm³/mol. The van der Waals surface area contributed by atoms with Crippen LogP contribution in [0.5, 0.6) is 0 Å². The Balaban J connectivity index is 2.40. The van der Waals surface area contributed by atoms with Crippen molar-refractivity contribution in [3.63, 3.8) is 0 Å². The first-order chi connectivity index (χ1) is 7.77.